The number of methoxy groups -OCH3 is 2. The number of Topliss-reactive ketones (excluding diaryl/α,β-unsaturated/α-hetero) is 1. The van der Waals surface area contributed by atoms with E-state index in [4.69, 9.17) is 9.47 Å². The largest absolute Gasteiger partial charge is 0.493 e. The van der Waals surface area contributed by atoms with Crippen molar-refractivity contribution in [3.63, 3.8) is 0 Å². The van der Waals surface area contributed by atoms with Crippen molar-refractivity contribution < 1.29 is 14.3 Å². The Morgan fingerprint density at radius 2 is 1.77 bits per heavy atom. The second-order valence-electron chi connectivity index (χ2n) is 6.27. The molecule has 0 spiro atoms. The summed E-state index contributed by atoms with van der Waals surface area (Å²) in [7, 11) is 3.06. The molecule has 152 valence electrons. The van der Waals surface area contributed by atoms with Crippen molar-refractivity contribution in [2.45, 2.75) is 5.16 Å². The zero-order valence-corrected chi connectivity index (χ0v) is 17.1. The molecule has 0 aliphatic rings. The lowest BCUT2D eigenvalue weighted by atomic mass is 10.1. The Morgan fingerprint density at radius 3 is 2.50 bits per heavy atom. The van der Waals surface area contributed by atoms with Crippen LogP contribution in [0, 0.1) is 0 Å². The first-order valence-electron chi connectivity index (χ1n) is 9.02. The van der Waals surface area contributed by atoms with E-state index in [1.807, 2.05) is 30.3 Å². The summed E-state index contributed by atoms with van der Waals surface area (Å²) in [6.07, 6.45) is 3.38. The average molecular weight is 422 g/mol. The Kier molecular flexibility index (Phi) is 5.53. The lowest BCUT2D eigenvalue weighted by Crippen LogP contribution is -2.20. The van der Waals surface area contributed by atoms with Crippen LogP contribution in [0.5, 0.6) is 11.5 Å². The van der Waals surface area contributed by atoms with Gasteiger partial charge in [0.25, 0.3) is 0 Å². The van der Waals surface area contributed by atoms with E-state index in [-0.39, 0.29) is 22.7 Å². The summed E-state index contributed by atoms with van der Waals surface area (Å²) < 4.78 is 13.5. The van der Waals surface area contributed by atoms with Gasteiger partial charge in [0.2, 0.25) is 5.65 Å². The molecule has 0 aliphatic heterocycles. The van der Waals surface area contributed by atoms with Crippen LogP contribution in [0.25, 0.3) is 11.3 Å². The predicted octanol–water partition coefficient (Wildman–Crippen LogP) is 2.87. The number of hydrogen-bond donors (Lipinski definition) is 0. The number of rotatable bonds is 7. The maximum Gasteiger partial charge on any atom is 0.300 e. The maximum atomic E-state index is 12.8. The van der Waals surface area contributed by atoms with E-state index in [1.165, 1.54) is 30.5 Å². The summed E-state index contributed by atoms with van der Waals surface area (Å²) in [4.78, 5) is 25.4. The Balaban J connectivity index is 1.56. The van der Waals surface area contributed by atoms with Gasteiger partial charge in [-0.05, 0) is 30.3 Å². The number of para-hydroxylation sites is 1. The number of carbonyl (C=O) groups is 1. The third kappa shape index (κ3) is 3.67. The van der Waals surface area contributed by atoms with Crippen molar-refractivity contribution in [1.82, 2.24) is 19.2 Å². The van der Waals surface area contributed by atoms with E-state index in [9.17, 15) is 9.59 Å². The standard InChI is InChI=1S/C21H18N4O4S/c1-28-17-9-8-14(12-18(17)29-2)16(26)13-30-21-23-22-19-20(27)24(10-11-25(19)21)15-6-4-3-5-7-15/h3-12H,13H2,1-2H3. The van der Waals surface area contributed by atoms with Crippen LogP contribution in [0.2, 0.25) is 0 Å². The summed E-state index contributed by atoms with van der Waals surface area (Å²) >= 11 is 1.21. The van der Waals surface area contributed by atoms with E-state index in [0.29, 0.717) is 22.2 Å². The molecule has 0 fully saturated rings. The molecule has 0 amide bonds. The van der Waals surface area contributed by atoms with Gasteiger partial charge in [0.1, 0.15) is 0 Å². The molecule has 0 aliphatic carbocycles. The van der Waals surface area contributed by atoms with Crippen molar-refractivity contribution in [3.05, 3.63) is 76.8 Å². The smallest absolute Gasteiger partial charge is 0.300 e. The summed E-state index contributed by atoms with van der Waals surface area (Å²) in [5, 5.41) is 8.57. The Morgan fingerprint density at radius 1 is 1.00 bits per heavy atom. The average Bonchev–Trinajstić information content (AvgIpc) is 3.21. The fourth-order valence-corrected chi connectivity index (χ4v) is 3.79. The second-order valence-corrected chi connectivity index (χ2v) is 7.21. The molecule has 2 aromatic heterocycles. The highest BCUT2D eigenvalue weighted by Crippen LogP contribution is 2.28. The molecule has 0 radical (unpaired) electrons. The van der Waals surface area contributed by atoms with Gasteiger partial charge in [-0.25, -0.2) is 0 Å². The molecule has 0 atom stereocenters. The van der Waals surface area contributed by atoms with Gasteiger partial charge < -0.3 is 9.47 Å². The van der Waals surface area contributed by atoms with E-state index >= 15 is 0 Å². The zero-order chi connectivity index (χ0) is 21.1. The highest BCUT2D eigenvalue weighted by molar-refractivity contribution is 7.99. The maximum absolute atomic E-state index is 12.8. The summed E-state index contributed by atoms with van der Waals surface area (Å²) in [6.45, 7) is 0. The lowest BCUT2D eigenvalue weighted by molar-refractivity contribution is 0.102. The number of ketones is 1. The van der Waals surface area contributed by atoms with Gasteiger partial charge in [0, 0.05) is 23.6 Å². The van der Waals surface area contributed by atoms with Gasteiger partial charge in [-0.15, -0.1) is 10.2 Å². The number of fused-ring (bicyclic) bond motifs is 1. The van der Waals surface area contributed by atoms with Crippen LogP contribution in [0.15, 0.2) is 70.9 Å². The first-order chi connectivity index (χ1) is 14.6. The van der Waals surface area contributed by atoms with Crippen molar-refractivity contribution in [2.75, 3.05) is 20.0 Å². The number of hydrogen-bond acceptors (Lipinski definition) is 7. The van der Waals surface area contributed by atoms with E-state index in [2.05, 4.69) is 10.2 Å². The number of aromatic nitrogens is 4. The molecule has 0 N–H and O–H groups in total. The SMILES string of the molecule is COc1ccc(C(=O)CSc2nnc3c(=O)n(-c4ccccc4)ccn23)cc1OC. The van der Waals surface area contributed by atoms with E-state index in [1.54, 1.807) is 35.0 Å². The molecule has 2 aromatic carbocycles. The molecule has 9 heteroatoms. The normalized spacial score (nSPS) is 10.9. The molecule has 0 saturated carbocycles. The second kappa shape index (κ2) is 8.42. The molecule has 30 heavy (non-hydrogen) atoms. The summed E-state index contributed by atoms with van der Waals surface area (Å²) in [5.74, 6) is 1.08. The molecule has 0 bridgehead atoms. The topological polar surface area (TPSA) is 87.7 Å². The van der Waals surface area contributed by atoms with Crippen LogP contribution in [-0.4, -0.2) is 44.9 Å². The first kappa shape index (κ1) is 19.7. The van der Waals surface area contributed by atoms with Crippen LogP contribution in [0.3, 0.4) is 0 Å². The quantitative estimate of drug-likeness (QED) is 0.334. The van der Waals surface area contributed by atoms with Crippen LogP contribution in [0.1, 0.15) is 10.4 Å². The Bertz CT molecular complexity index is 1270. The fraction of sp³-hybridized carbons (Fsp3) is 0.143. The third-order valence-corrected chi connectivity index (χ3v) is 5.45. The minimum atomic E-state index is -0.283. The molecule has 8 nitrogen and oxygen atoms in total. The van der Waals surface area contributed by atoms with E-state index < -0.39 is 0 Å². The first-order valence-corrected chi connectivity index (χ1v) is 10.0. The van der Waals surface area contributed by atoms with E-state index in [0.717, 1.165) is 5.69 Å². The Hall–Kier alpha value is -3.59. The third-order valence-electron chi connectivity index (χ3n) is 4.51. The monoisotopic (exact) mass is 422 g/mol. The van der Waals surface area contributed by atoms with Gasteiger partial charge in [-0.2, -0.15) is 0 Å². The number of ether oxygens (including phenoxy) is 2. The number of thioether (sulfide) groups is 1. The van der Waals surface area contributed by atoms with Gasteiger partial charge in [0.05, 0.1) is 20.0 Å². The molecule has 2 heterocycles. The van der Waals surface area contributed by atoms with Gasteiger partial charge in [0.15, 0.2) is 22.4 Å². The van der Waals surface area contributed by atoms with Gasteiger partial charge in [-0.1, -0.05) is 30.0 Å². The van der Waals surface area contributed by atoms with Crippen LogP contribution < -0.4 is 15.0 Å². The number of carbonyl (C=O) groups excluding carboxylic acids is 1. The fourth-order valence-electron chi connectivity index (χ4n) is 2.98. The number of benzene rings is 2. The van der Waals surface area contributed by atoms with Crippen LogP contribution in [0.4, 0.5) is 0 Å². The summed E-state index contributed by atoms with van der Waals surface area (Å²) in [5.41, 5.74) is 1.16. The minimum absolute atomic E-state index is 0.102. The molecule has 4 rings (SSSR count). The molecule has 0 unspecified atom stereocenters. The molecular formula is C21H18N4O4S. The summed E-state index contributed by atoms with van der Waals surface area (Å²) in [6, 6.07) is 14.3. The van der Waals surface area contributed by atoms with Crippen molar-refractivity contribution in [2.24, 2.45) is 0 Å². The van der Waals surface area contributed by atoms with Crippen molar-refractivity contribution in [1.29, 1.82) is 0 Å². The van der Waals surface area contributed by atoms with Gasteiger partial charge >= 0.3 is 5.56 Å². The predicted molar refractivity (Wildman–Crippen MR) is 113 cm³/mol. The number of nitrogens with zero attached hydrogens (tertiary/aromatic N) is 4. The lowest BCUT2D eigenvalue weighted by Gasteiger charge is -2.09. The molecule has 0 saturated heterocycles. The molecular weight excluding hydrogens is 404 g/mol. The highest BCUT2D eigenvalue weighted by atomic mass is 32.2. The minimum Gasteiger partial charge on any atom is -0.493 e. The zero-order valence-electron chi connectivity index (χ0n) is 16.3. The van der Waals surface area contributed by atoms with Crippen molar-refractivity contribution in [3.8, 4) is 17.2 Å². The highest BCUT2D eigenvalue weighted by Gasteiger charge is 2.15. The van der Waals surface area contributed by atoms with Gasteiger partial charge in [-0.3, -0.25) is 18.6 Å². The van der Waals surface area contributed by atoms with Crippen LogP contribution in [-0.2, 0) is 0 Å². The van der Waals surface area contributed by atoms with Crippen LogP contribution >= 0.6 is 11.8 Å². The molecule has 4 aromatic rings. The Labute approximate surface area is 176 Å². The van der Waals surface area contributed by atoms with Crippen molar-refractivity contribution >= 4 is 23.2 Å².